The third-order valence-corrected chi connectivity index (χ3v) is 3.47. The number of hydrogen-bond acceptors (Lipinski definition) is 5. The number of ether oxygens (including phenoxy) is 1. The summed E-state index contributed by atoms with van der Waals surface area (Å²) >= 11 is 0. The lowest BCUT2D eigenvalue weighted by molar-refractivity contribution is -0.385. The lowest BCUT2D eigenvalue weighted by Gasteiger charge is -2.13. The summed E-state index contributed by atoms with van der Waals surface area (Å²) < 4.78 is 62.3. The summed E-state index contributed by atoms with van der Waals surface area (Å²) in [6.07, 6.45) is -5.15. The second-order valence-electron chi connectivity index (χ2n) is 3.28. The van der Waals surface area contributed by atoms with Crippen LogP contribution in [0.3, 0.4) is 0 Å². The molecule has 19 heavy (non-hydrogen) atoms. The average Bonchev–Trinajstić information content (AvgIpc) is 2.11. The van der Waals surface area contributed by atoms with E-state index in [0.29, 0.717) is 12.1 Å². The van der Waals surface area contributed by atoms with E-state index in [9.17, 15) is 31.7 Å². The number of hydrogen-bond donors (Lipinski definition) is 0. The molecule has 6 nitrogen and oxygen atoms in total. The molecule has 0 saturated heterocycles. The number of nitro benzene ring substituents is 1. The van der Waals surface area contributed by atoms with Crippen molar-refractivity contribution >= 4 is 25.4 Å². The maximum Gasteiger partial charge on any atom is 0.573 e. The minimum Gasteiger partial charge on any atom is -0.404 e. The van der Waals surface area contributed by atoms with Gasteiger partial charge in [0.2, 0.25) is 0 Å². The molecular formula is C8H5ClF3NO5S. The molecular weight excluding hydrogens is 315 g/mol. The lowest BCUT2D eigenvalue weighted by atomic mass is 10.2. The summed E-state index contributed by atoms with van der Waals surface area (Å²) in [7, 11) is 0.327. The van der Waals surface area contributed by atoms with Crippen molar-refractivity contribution in [1.29, 1.82) is 0 Å². The van der Waals surface area contributed by atoms with Crippen LogP contribution in [0, 0.1) is 17.0 Å². The van der Waals surface area contributed by atoms with Crippen molar-refractivity contribution in [2.75, 3.05) is 0 Å². The van der Waals surface area contributed by atoms with Crippen LogP contribution in [0.15, 0.2) is 17.0 Å². The van der Waals surface area contributed by atoms with Gasteiger partial charge in [-0.1, -0.05) is 0 Å². The molecule has 0 atom stereocenters. The second kappa shape index (κ2) is 4.85. The van der Waals surface area contributed by atoms with Crippen LogP contribution in [0.25, 0.3) is 0 Å². The molecule has 106 valence electrons. The van der Waals surface area contributed by atoms with E-state index in [1.807, 2.05) is 0 Å². The highest BCUT2D eigenvalue weighted by Gasteiger charge is 2.36. The predicted molar refractivity (Wildman–Crippen MR) is 57.6 cm³/mol. The van der Waals surface area contributed by atoms with Gasteiger partial charge in [-0.25, -0.2) is 8.42 Å². The third kappa shape index (κ3) is 3.70. The topological polar surface area (TPSA) is 86.5 Å². The van der Waals surface area contributed by atoms with E-state index in [1.54, 1.807) is 0 Å². The van der Waals surface area contributed by atoms with Gasteiger partial charge in [-0.15, -0.1) is 13.2 Å². The molecule has 1 aromatic rings. The molecule has 0 radical (unpaired) electrons. The van der Waals surface area contributed by atoms with Gasteiger partial charge in [-0.3, -0.25) is 10.1 Å². The van der Waals surface area contributed by atoms with Crippen molar-refractivity contribution in [3.8, 4) is 5.75 Å². The van der Waals surface area contributed by atoms with Gasteiger partial charge in [0.25, 0.3) is 14.7 Å². The number of nitrogens with zero attached hydrogens (tertiary/aromatic N) is 1. The summed E-state index contributed by atoms with van der Waals surface area (Å²) in [4.78, 5) is 8.57. The Hall–Kier alpha value is -1.55. The Morgan fingerprint density at radius 3 is 2.26 bits per heavy atom. The molecule has 0 unspecified atom stereocenters. The summed E-state index contributed by atoms with van der Waals surface area (Å²) in [6.45, 7) is 0.955. The molecule has 0 heterocycles. The van der Waals surface area contributed by atoms with E-state index in [0.717, 1.165) is 6.92 Å². The molecule has 11 heteroatoms. The Kier molecular flexibility index (Phi) is 3.96. The highest BCUT2D eigenvalue weighted by molar-refractivity contribution is 8.13. The quantitative estimate of drug-likeness (QED) is 0.485. The van der Waals surface area contributed by atoms with Gasteiger partial charge < -0.3 is 4.74 Å². The predicted octanol–water partition coefficient (Wildman–Crippen LogP) is 2.73. The maximum absolute atomic E-state index is 12.1. The number of benzene rings is 1. The zero-order valence-electron chi connectivity index (χ0n) is 9.06. The monoisotopic (exact) mass is 319 g/mol. The van der Waals surface area contributed by atoms with Crippen LogP contribution in [0.2, 0.25) is 0 Å². The van der Waals surface area contributed by atoms with Crippen LogP contribution in [0.4, 0.5) is 18.9 Å². The molecule has 0 spiro atoms. The van der Waals surface area contributed by atoms with E-state index in [1.165, 1.54) is 0 Å². The molecule has 0 N–H and O–H groups in total. The minimum atomic E-state index is -5.15. The second-order valence-corrected chi connectivity index (χ2v) is 5.78. The fraction of sp³-hybridized carbons (Fsp3) is 0.250. The largest absolute Gasteiger partial charge is 0.573 e. The molecule has 0 fully saturated rings. The van der Waals surface area contributed by atoms with Gasteiger partial charge in [0.15, 0.2) is 0 Å². The van der Waals surface area contributed by atoms with Gasteiger partial charge >= 0.3 is 6.36 Å². The molecule has 0 bridgehead atoms. The smallest absolute Gasteiger partial charge is 0.404 e. The summed E-state index contributed by atoms with van der Waals surface area (Å²) in [5.41, 5.74) is -1.23. The first-order chi connectivity index (χ1) is 8.43. The fourth-order valence-electron chi connectivity index (χ4n) is 1.36. The summed E-state index contributed by atoms with van der Waals surface area (Å²) in [6, 6.07) is 1.22. The number of rotatable bonds is 3. The van der Waals surface area contributed by atoms with E-state index in [-0.39, 0.29) is 0 Å². The standard InChI is InChI=1S/C8H5ClF3NO5S/c1-4-5(13(14)15)2-3-6(18-8(10,11)12)7(4)19(9,16)17/h2-3H,1H3. The summed E-state index contributed by atoms with van der Waals surface area (Å²) in [5.74, 6) is -1.12. The molecule has 0 aliphatic heterocycles. The van der Waals surface area contributed by atoms with E-state index < -0.39 is 42.2 Å². The van der Waals surface area contributed by atoms with Crippen LogP contribution in [0.1, 0.15) is 5.56 Å². The minimum absolute atomic E-state index is 0.522. The Balaban J connectivity index is 3.59. The van der Waals surface area contributed by atoms with E-state index >= 15 is 0 Å². The zero-order valence-corrected chi connectivity index (χ0v) is 10.6. The van der Waals surface area contributed by atoms with Crippen molar-refractivity contribution in [2.45, 2.75) is 18.2 Å². The van der Waals surface area contributed by atoms with Crippen LogP contribution in [-0.2, 0) is 9.05 Å². The first kappa shape index (κ1) is 15.5. The van der Waals surface area contributed by atoms with Gasteiger partial charge in [-0.2, -0.15) is 0 Å². The summed E-state index contributed by atoms with van der Waals surface area (Å²) in [5, 5.41) is 10.6. The first-order valence-electron chi connectivity index (χ1n) is 4.42. The zero-order chi connectivity index (χ0) is 15.0. The first-order valence-corrected chi connectivity index (χ1v) is 6.73. The van der Waals surface area contributed by atoms with Crippen molar-refractivity contribution < 1.29 is 31.2 Å². The van der Waals surface area contributed by atoms with Crippen LogP contribution in [-0.4, -0.2) is 19.7 Å². The Bertz CT molecular complexity index is 628. The molecule has 0 saturated carbocycles. The molecule has 0 aromatic heterocycles. The number of alkyl halides is 3. The highest BCUT2D eigenvalue weighted by atomic mass is 35.7. The van der Waals surface area contributed by atoms with Crippen molar-refractivity contribution in [3.05, 3.63) is 27.8 Å². The molecule has 0 aliphatic rings. The maximum atomic E-state index is 12.1. The molecule has 0 amide bonds. The van der Waals surface area contributed by atoms with E-state index in [4.69, 9.17) is 10.7 Å². The van der Waals surface area contributed by atoms with Gasteiger partial charge in [0, 0.05) is 16.7 Å². The third-order valence-electron chi connectivity index (χ3n) is 2.01. The average molecular weight is 320 g/mol. The normalized spacial score (nSPS) is 12.3. The van der Waals surface area contributed by atoms with Crippen LogP contribution < -0.4 is 4.74 Å². The fourth-order valence-corrected chi connectivity index (χ4v) is 2.76. The highest BCUT2D eigenvalue weighted by Crippen LogP contribution is 2.37. The molecule has 1 aromatic carbocycles. The van der Waals surface area contributed by atoms with Gasteiger partial charge in [-0.05, 0) is 13.0 Å². The Labute approximate surface area is 109 Å². The molecule has 0 aliphatic carbocycles. The van der Waals surface area contributed by atoms with Crippen molar-refractivity contribution in [2.24, 2.45) is 0 Å². The van der Waals surface area contributed by atoms with Gasteiger partial charge in [0.1, 0.15) is 10.6 Å². The Morgan fingerprint density at radius 1 is 1.37 bits per heavy atom. The van der Waals surface area contributed by atoms with Gasteiger partial charge in [0.05, 0.1) is 10.5 Å². The SMILES string of the molecule is Cc1c([N+](=O)[O-])ccc(OC(F)(F)F)c1S(=O)(=O)Cl. The Morgan fingerprint density at radius 2 is 1.89 bits per heavy atom. The number of halogens is 4. The van der Waals surface area contributed by atoms with Crippen LogP contribution >= 0.6 is 10.7 Å². The lowest BCUT2D eigenvalue weighted by Crippen LogP contribution is -2.19. The van der Waals surface area contributed by atoms with E-state index in [2.05, 4.69) is 4.74 Å². The van der Waals surface area contributed by atoms with Crippen LogP contribution in [0.5, 0.6) is 5.75 Å². The van der Waals surface area contributed by atoms with Crippen molar-refractivity contribution in [1.82, 2.24) is 0 Å². The molecule has 1 rings (SSSR count). The number of nitro groups is 1. The van der Waals surface area contributed by atoms with Crippen molar-refractivity contribution in [3.63, 3.8) is 0 Å².